The molecule has 0 spiro atoms. The molecule has 1 saturated heterocycles. The lowest BCUT2D eigenvalue weighted by atomic mass is 10.1. The molecule has 0 radical (unpaired) electrons. The minimum Gasteiger partial charge on any atom is -0.496 e. The van der Waals surface area contributed by atoms with Crippen molar-refractivity contribution in [3.05, 3.63) is 17.7 Å². The van der Waals surface area contributed by atoms with E-state index in [0.29, 0.717) is 11.5 Å². The van der Waals surface area contributed by atoms with Crippen molar-refractivity contribution in [1.29, 1.82) is 0 Å². The Bertz CT molecular complexity index is 478. The Morgan fingerprint density at radius 2 is 1.68 bits per heavy atom. The second-order valence-corrected chi connectivity index (χ2v) is 5.68. The molecule has 0 saturated carbocycles. The number of rotatable bonds is 6. The van der Waals surface area contributed by atoms with Crippen LogP contribution in [0.4, 0.5) is 0 Å². The summed E-state index contributed by atoms with van der Waals surface area (Å²) in [4.78, 5) is 2.34. The highest BCUT2D eigenvalue weighted by Gasteiger charge is 2.22. The van der Waals surface area contributed by atoms with Crippen LogP contribution in [-0.2, 0) is 6.54 Å². The second kappa shape index (κ2) is 8.25. The smallest absolute Gasteiger partial charge is 0.164 e. The molecule has 1 aromatic carbocycles. The van der Waals surface area contributed by atoms with Crippen molar-refractivity contribution in [3.8, 4) is 17.2 Å². The van der Waals surface area contributed by atoms with Gasteiger partial charge in [0.2, 0.25) is 0 Å². The van der Waals surface area contributed by atoms with Crippen molar-refractivity contribution in [2.24, 2.45) is 0 Å². The number of hydrogen-bond donors (Lipinski definition) is 1. The topological polar surface area (TPSA) is 51.2 Å². The Morgan fingerprint density at radius 1 is 1.00 bits per heavy atom. The van der Waals surface area contributed by atoms with Crippen molar-refractivity contribution in [3.63, 3.8) is 0 Å². The van der Waals surface area contributed by atoms with Gasteiger partial charge in [-0.25, -0.2) is 0 Å². The molecule has 1 aromatic rings. The third kappa shape index (κ3) is 3.84. The highest BCUT2D eigenvalue weighted by Crippen LogP contribution is 2.35. The largest absolute Gasteiger partial charge is 0.496 e. The van der Waals surface area contributed by atoms with Gasteiger partial charge in [0.15, 0.2) is 11.5 Å². The molecule has 1 aliphatic heterocycles. The fourth-order valence-corrected chi connectivity index (χ4v) is 3.09. The van der Waals surface area contributed by atoms with Crippen LogP contribution in [0.3, 0.4) is 0 Å². The van der Waals surface area contributed by atoms with Crippen LogP contribution in [0.1, 0.15) is 31.2 Å². The number of benzene rings is 1. The van der Waals surface area contributed by atoms with E-state index in [0.717, 1.165) is 30.8 Å². The van der Waals surface area contributed by atoms with Crippen molar-refractivity contribution >= 4 is 0 Å². The molecule has 0 bridgehead atoms. The van der Waals surface area contributed by atoms with Crippen LogP contribution < -0.4 is 14.2 Å². The number of ether oxygens (including phenoxy) is 3. The van der Waals surface area contributed by atoms with Gasteiger partial charge in [0, 0.05) is 24.2 Å². The average molecular weight is 309 g/mol. The van der Waals surface area contributed by atoms with Gasteiger partial charge in [-0.05, 0) is 25.5 Å². The summed E-state index contributed by atoms with van der Waals surface area (Å²) in [6.45, 7) is 1.95. The standard InChI is InChI=1S/C17H27NO4/c1-20-15-10-17(22-3)16(21-2)9-13(15)11-18-8-6-4-5-7-14(18)12-19/h9-10,14,19H,4-8,11-12H2,1-3H3. The van der Waals surface area contributed by atoms with Crippen LogP contribution in [0.5, 0.6) is 17.2 Å². The van der Waals surface area contributed by atoms with Gasteiger partial charge >= 0.3 is 0 Å². The van der Waals surface area contributed by atoms with Crippen LogP contribution in [0.15, 0.2) is 12.1 Å². The second-order valence-electron chi connectivity index (χ2n) is 5.68. The summed E-state index contributed by atoms with van der Waals surface area (Å²) in [5.74, 6) is 2.16. The van der Waals surface area contributed by atoms with E-state index in [1.807, 2.05) is 12.1 Å². The third-order valence-electron chi connectivity index (χ3n) is 4.37. The zero-order valence-electron chi connectivity index (χ0n) is 13.8. The Kier molecular flexibility index (Phi) is 6.34. The molecule has 0 amide bonds. The summed E-state index contributed by atoms with van der Waals surface area (Å²) in [6, 6.07) is 4.05. The zero-order chi connectivity index (χ0) is 15.9. The average Bonchev–Trinajstić information content (AvgIpc) is 2.79. The molecule has 124 valence electrons. The quantitative estimate of drug-likeness (QED) is 0.875. The molecule has 1 heterocycles. The predicted octanol–water partition coefficient (Wildman–Crippen LogP) is 2.45. The molecule has 2 rings (SSSR count). The molecular weight excluding hydrogens is 282 g/mol. The van der Waals surface area contributed by atoms with Crippen LogP contribution >= 0.6 is 0 Å². The molecule has 1 fully saturated rings. The van der Waals surface area contributed by atoms with E-state index in [9.17, 15) is 5.11 Å². The van der Waals surface area contributed by atoms with Crippen molar-refractivity contribution in [1.82, 2.24) is 4.90 Å². The Labute approximate surface area is 132 Å². The summed E-state index contributed by atoms with van der Waals surface area (Å²) < 4.78 is 16.2. The van der Waals surface area contributed by atoms with Crippen LogP contribution in [0.2, 0.25) is 0 Å². The maximum atomic E-state index is 9.66. The number of aliphatic hydroxyl groups is 1. The number of methoxy groups -OCH3 is 3. The van der Waals surface area contributed by atoms with Gasteiger partial charge in [0.05, 0.1) is 27.9 Å². The number of hydrogen-bond acceptors (Lipinski definition) is 5. The van der Waals surface area contributed by atoms with E-state index >= 15 is 0 Å². The molecule has 0 aromatic heterocycles. The lowest BCUT2D eigenvalue weighted by Gasteiger charge is -2.29. The molecular formula is C17H27NO4. The van der Waals surface area contributed by atoms with E-state index in [1.54, 1.807) is 21.3 Å². The highest BCUT2D eigenvalue weighted by atomic mass is 16.5. The first kappa shape index (κ1) is 16.9. The summed E-state index contributed by atoms with van der Waals surface area (Å²) in [6.07, 6.45) is 4.64. The Balaban J connectivity index is 2.26. The monoisotopic (exact) mass is 309 g/mol. The molecule has 0 aliphatic carbocycles. The zero-order valence-corrected chi connectivity index (χ0v) is 13.8. The molecule has 1 unspecified atom stereocenters. The number of likely N-dealkylation sites (tertiary alicyclic amines) is 1. The van der Waals surface area contributed by atoms with E-state index in [4.69, 9.17) is 14.2 Å². The molecule has 1 aliphatic rings. The summed E-state index contributed by atoms with van der Waals surface area (Å²) >= 11 is 0. The highest BCUT2D eigenvalue weighted by molar-refractivity contribution is 5.50. The first-order valence-electron chi connectivity index (χ1n) is 7.87. The minimum absolute atomic E-state index is 0.204. The van der Waals surface area contributed by atoms with Gasteiger partial charge in [-0.15, -0.1) is 0 Å². The first-order valence-corrected chi connectivity index (χ1v) is 7.87. The van der Waals surface area contributed by atoms with Gasteiger partial charge in [-0.2, -0.15) is 0 Å². The number of nitrogens with zero attached hydrogens (tertiary/aromatic N) is 1. The molecule has 1 N–H and O–H groups in total. The molecule has 5 heteroatoms. The maximum absolute atomic E-state index is 9.66. The maximum Gasteiger partial charge on any atom is 0.164 e. The van der Waals surface area contributed by atoms with Gasteiger partial charge < -0.3 is 19.3 Å². The number of aliphatic hydroxyl groups excluding tert-OH is 1. The normalized spacial score (nSPS) is 19.5. The van der Waals surface area contributed by atoms with Crippen LogP contribution in [0.25, 0.3) is 0 Å². The van der Waals surface area contributed by atoms with Gasteiger partial charge in [0.1, 0.15) is 5.75 Å². The summed E-state index contributed by atoms with van der Waals surface area (Å²) in [5.41, 5.74) is 1.06. The Morgan fingerprint density at radius 3 is 2.32 bits per heavy atom. The van der Waals surface area contributed by atoms with Crippen LogP contribution in [0, 0.1) is 0 Å². The van der Waals surface area contributed by atoms with Crippen molar-refractivity contribution < 1.29 is 19.3 Å². The molecule has 22 heavy (non-hydrogen) atoms. The van der Waals surface area contributed by atoms with Crippen LogP contribution in [-0.4, -0.2) is 50.5 Å². The van der Waals surface area contributed by atoms with E-state index < -0.39 is 0 Å². The fraction of sp³-hybridized carbons (Fsp3) is 0.647. The van der Waals surface area contributed by atoms with E-state index in [2.05, 4.69) is 4.90 Å². The minimum atomic E-state index is 0.204. The summed E-state index contributed by atoms with van der Waals surface area (Å²) in [7, 11) is 4.92. The van der Waals surface area contributed by atoms with Gasteiger partial charge in [-0.3, -0.25) is 4.90 Å². The van der Waals surface area contributed by atoms with E-state index in [-0.39, 0.29) is 12.6 Å². The Hall–Kier alpha value is -1.46. The predicted molar refractivity (Wildman–Crippen MR) is 85.8 cm³/mol. The van der Waals surface area contributed by atoms with Crippen molar-refractivity contribution in [2.45, 2.75) is 38.3 Å². The van der Waals surface area contributed by atoms with Gasteiger partial charge in [0.25, 0.3) is 0 Å². The van der Waals surface area contributed by atoms with E-state index in [1.165, 1.54) is 19.3 Å². The fourth-order valence-electron chi connectivity index (χ4n) is 3.09. The van der Waals surface area contributed by atoms with Gasteiger partial charge in [-0.1, -0.05) is 12.8 Å². The first-order chi connectivity index (χ1) is 10.7. The lowest BCUT2D eigenvalue weighted by molar-refractivity contribution is 0.117. The third-order valence-corrected chi connectivity index (χ3v) is 4.37. The molecule has 5 nitrogen and oxygen atoms in total. The lowest BCUT2D eigenvalue weighted by Crippen LogP contribution is -2.37. The summed E-state index contributed by atoms with van der Waals surface area (Å²) in [5, 5.41) is 9.66. The SMILES string of the molecule is COc1cc(OC)c(OC)cc1CN1CCCCCC1CO. The molecule has 1 atom stereocenters. The van der Waals surface area contributed by atoms with Crippen molar-refractivity contribution in [2.75, 3.05) is 34.5 Å².